The number of aromatic nitrogens is 2. The average molecular weight is 387 g/mol. The van der Waals surface area contributed by atoms with Gasteiger partial charge in [-0.25, -0.2) is 4.68 Å². The number of hydrogen-bond donors (Lipinski definition) is 1. The van der Waals surface area contributed by atoms with Crippen LogP contribution >= 0.6 is 0 Å². The lowest BCUT2D eigenvalue weighted by atomic mass is 10.0. The largest absolute Gasteiger partial charge is 0.497 e. The fraction of sp³-hybridized carbons (Fsp3) is 0.130. The number of fused-ring (bicyclic) bond motifs is 1. The Balaban J connectivity index is 1.59. The first-order valence-electron chi connectivity index (χ1n) is 9.21. The van der Waals surface area contributed by atoms with E-state index in [4.69, 9.17) is 9.47 Å². The SMILES string of the molecule is COc1cc(OC)cc(C(=O)Nc2ccnn2Cc2cccc3ccccc23)c1. The molecule has 0 aliphatic rings. The molecule has 4 aromatic rings. The van der Waals surface area contributed by atoms with Gasteiger partial charge in [-0.15, -0.1) is 0 Å². The molecular weight excluding hydrogens is 366 g/mol. The van der Waals surface area contributed by atoms with Crippen molar-refractivity contribution in [1.29, 1.82) is 0 Å². The molecule has 29 heavy (non-hydrogen) atoms. The highest BCUT2D eigenvalue weighted by Crippen LogP contribution is 2.24. The van der Waals surface area contributed by atoms with Crippen molar-refractivity contribution in [2.24, 2.45) is 0 Å². The van der Waals surface area contributed by atoms with Crippen molar-refractivity contribution in [3.8, 4) is 11.5 Å². The average Bonchev–Trinajstić information content (AvgIpc) is 3.20. The predicted octanol–water partition coefficient (Wildman–Crippen LogP) is 4.35. The Kier molecular flexibility index (Phi) is 5.16. The van der Waals surface area contributed by atoms with Crippen molar-refractivity contribution in [2.75, 3.05) is 19.5 Å². The summed E-state index contributed by atoms with van der Waals surface area (Å²) in [4.78, 5) is 12.8. The zero-order valence-corrected chi connectivity index (χ0v) is 16.3. The van der Waals surface area contributed by atoms with Gasteiger partial charge in [0.2, 0.25) is 0 Å². The van der Waals surface area contributed by atoms with E-state index in [-0.39, 0.29) is 5.91 Å². The van der Waals surface area contributed by atoms with Crippen molar-refractivity contribution in [1.82, 2.24) is 9.78 Å². The smallest absolute Gasteiger partial charge is 0.257 e. The number of hydrogen-bond acceptors (Lipinski definition) is 4. The summed E-state index contributed by atoms with van der Waals surface area (Å²) in [5.41, 5.74) is 1.57. The third-order valence-corrected chi connectivity index (χ3v) is 4.77. The second-order valence-corrected chi connectivity index (χ2v) is 6.57. The summed E-state index contributed by atoms with van der Waals surface area (Å²) in [6.45, 7) is 0.547. The third kappa shape index (κ3) is 3.91. The number of rotatable bonds is 6. The van der Waals surface area contributed by atoms with Gasteiger partial charge in [0.25, 0.3) is 5.91 Å². The van der Waals surface area contributed by atoms with E-state index in [2.05, 4.69) is 34.7 Å². The summed E-state index contributed by atoms with van der Waals surface area (Å²) in [6, 6.07) is 21.2. The molecule has 1 aromatic heterocycles. The van der Waals surface area contributed by atoms with E-state index >= 15 is 0 Å². The highest BCUT2D eigenvalue weighted by Gasteiger charge is 2.13. The molecule has 0 saturated carbocycles. The van der Waals surface area contributed by atoms with Gasteiger partial charge in [0.05, 0.1) is 27.0 Å². The second-order valence-electron chi connectivity index (χ2n) is 6.57. The van der Waals surface area contributed by atoms with Crippen LogP contribution in [0.2, 0.25) is 0 Å². The second kappa shape index (κ2) is 8.06. The lowest BCUT2D eigenvalue weighted by Gasteiger charge is -2.12. The Morgan fingerprint density at radius 1 is 0.966 bits per heavy atom. The van der Waals surface area contributed by atoms with Gasteiger partial charge in [0, 0.05) is 17.7 Å². The molecule has 1 amide bonds. The molecule has 0 bridgehead atoms. The summed E-state index contributed by atoms with van der Waals surface area (Å²) in [7, 11) is 3.10. The van der Waals surface area contributed by atoms with E-state index in [1.807, 2.05) is 18.2 Å². The molecule has 0 saturated heterocycles. The summed E-state index contributed by atoms with van der Waals surface area (Å²) < 4.78 is 12.3. The molecule has 6 nitrogen and oxygen atoms in total. The molecule has 3 aromatic carbocycles. The van der Waals surface area contributed by atoms with E-state index in [0.29, 0.717) is 29.4 Å². The molecule has 0 fully saturated rings. The monoisotopic (exact) mass is 387 g/mol. The zero-order valence-electron chi connectivity index (χ0n) is 16.3. The Hall–Kier alpha value is -3.80. The first-order chi connectivity index (χ1) is 14.2. The van der Waals surface area contributed by atoms with Gasteiger partial charge in [-0.3, -0.25) is 4.79 Å². The van der Waals surface area contributed by atoms with Crippen molar-refractivity contribution >= 4 is 22.5 Å². The Morgan fingerprint density at radius 2 is 1.69 bits per heavy atom. The number of ether oxygens (including phenoxy) is 2. The van der Waals surface area contributed by atoms with Crippen LogP contribution in [0.15, 0.2) is 72.9 Å². The molecule has 0 aliphatic carbocycles. The van der Waals surface area contributed by atoms with E-state index in [1.165, 1.54) is 10.8 Å². The molecule has 0 spiro atoms. The minimum atomic E-state index is -0.262. The van der Waals surface area contributed by atoms with Gasteiger partial charge in [-0.1, -0.05) is 42.5 Å². The van der Waals surface area contributed by atoms with Crippen LogP contribution in [0.5, 0.6) is 11.5 Å². The molecular formula is C23H21N3O3. The van der Waals surface area contributed by atoms with E-state index in [0.717, 1.165) is 5.56 Å². The van der Waals surface area contributed by atoms with E-state index < -0.39 is 0 Å². The maximum absolute atomic E-state index is 12.8. The first kappa shape index (κ1) is 18.6. The number of benzene rings is 3. The van der Waals surface area contributed by atoms with Crippen LogP contribution in [0.4, 0.5) is 5.82 Å². The highest BCUT2D eigenvalue weighted by atomic mass is 16.5. The summed E-state index contributed by atoms with van der Waals surface area (Å²) in [5.74, 6) is 1.46. The molecule has 0 atom stereocenters. The van der Waals surface area contributed by atoms with Gasteiger partial charge < -0.3 is 14.8 Å². The van der Waals surface area contributed by atoms with Crippen LogP contribution in [0.1, 0.15) is 15.9 Å². The molecule has 1 heterocycles. The summed E-state index contributed by atoms with van der Waals surface area (Å²) in [5, 5.41) is 9.65. The van der Waals surface area contributed by atoms with Crippen molar-refractivity contribution in [3.05, 3.63) is 84.1 Å². The van der Waals surface area contributed by atoms with Crippen LogP contribution in [0.25, 0.3) is 10.8 Å². The van der Waals surface area contributed by atoms with Gasteiger partial charge in [0.1, 0.15) is 17.3 Å². The van der Waals surface area contributed by atoms with Crippen LogP contribution in [0.3, 0.4) is 0 Å². The van der Waals surface area contributed by atoms with E-state index in [9.17, 15) is 4.79 Å². The maximum atomic E-state index is 12.8. The van der Waals surface area contributed by atoms with Crippen molar-refractivity contribution in [2.45, 2.75) is 6.54 Å². The van der Waals surface area contributed by atoms with Crippen LogP contribution in [0, 0.1) is 0 Å². The Morgan fingerprint density at radius 3 is 2.45 bits per heavy atom. The lowest BCUT2D eigenvalue weighted by molar-refractivity contribution is 0.102. The number of anilines is 1. The first-order valence-corrected chi connectivity index (χ1v) is 9.21. The highest BCUT2D eigenvalue weighted by molar-refractivity contribution is 6.04. The van der Waals surface area contributed by atoms with Gasteiger partial charge >= 0.3 is 0 Å². The molecule has 4 rings (SSSR count). The Bertz CT molecular complexity index is 1140. The topological polar surface area (TPSA) is 65.4 Å². The standard InChI is InChI=1S/C23H21N3O3/c1-28-19-12-18(13-20(14-19)29-2)23(27)25-22-10-11-24-26(22)15-17-8-5-7-16-6-3-4-9-21(16)17/h3-14H,15H2,1-2H3,(H,25,27). The number of nitrogens with one attached hydrogen (secondary N) is 1. The number of carbonyl (C=O) groups is 1. The fourth-order valence-corrected chi connectivity index (χ4v) is 3.28. The van der Waals surface area contributed by atoms with Crippen molar-refractivity contribution < 1.29 is 14.3 Å². The fourth-order valence-electron chi connectivity index (χ4n) is 3.28. The number of nitrogens with zero attached hydrogens (tertiary/aromatic N) is 2. The molecule has 146 valence electrons. The number of amides is 1. The van der Waals surface area contributed by atoms with Gasteiger partial charge in [-0.2, -0.15) is 5.10 Å². The zero-order chi connectivity index (χ0) is 20.2. The quantitative estimate of drug-likeness (QED) is 0.534. The van der Waals surface area contributed by atoms with E-state index in [1.54, 1.807) is 49.4 Å². The molecule has 1 N–H and O–H groups in total. The van der Waals surface area contributed by atoms with Gasteiger partial charge in [0.15, 0.2) is 0 Å². The van der Waals surface area contributed by atoms with Crippen LogP contribution in [-0.4, -0.2) is 29.9 Å². The van der Waals surface area contributed by atoms with Crippen LogP contribution in [-0.2, 0) is 6.54 Å². The van der Waals surface area contributed by atoms with Crippen LogP contribution < -0.4 is 14.8 Å². The minimum absolute atomic E-state index is 0.262. The van der Waals surface area contributed by atoms with Crippen molar-refractivity contribution in [3.63, 3.8) is 0 Å². The van der Waals surface area contributed by atoms with Gasteiger partial charge in [-0.05, 0) is 28.5 Å². The Labute approximate surface area is 168 Å². The summed E-state index contributed by atoms with van der Waals surface area (Å²) >= 11 is 0. The molecule has 0 radical (unpaired) electrons. The predicted molar refractivity (Wildman–Crippen MR) is 113 cm³/mol. The molecule has 6 heteroatoms. The maximum Gasteiger partial charge on any atom is 0.257 e. The molecule has 0 unspecified atom stereocenters. The number of carbonyl (C=O) groups excluding carboxylic acids is 1. The third-order valence-electron chi connectivity index (χ3n) is 4.77. The lowest BCUT2D eigenvalue weighted by Crippen LogP contribution is -2.16. The number of methoxy groups -OCH3 is 2. The minimum Gasteiger partial charge on any atom is -0.497 e. The molecule has 0 aliphatic heterocycles. The summed E-state index contributed by atoms with van der Waals surface area (Å²) in [6.07, 6.45) is 1.67. The normalized spacial score (nSPS) is 10.7.